The normalized spacial score (nSPS) is 11.4. The summed E-state index contributed by atoms with van der Waals surface area (Å²) >= 11 is 6.63. The number of hydrogen-bond acceptors (Lipinski definition) is 3. The predicted octanol–water partition coefficient (Wildman–Crippen LogP) is 4.16. The summed E-state index contributed by atoms with van der Waals surface area (Å²) in [5.41, 5.74) is 7.61. The van der Waals surface area contributed by atoms with E-state index in [-0.39, 0.29) is 4.90 Å². The van der Waals surface area contributed by atoms with Crippen molar-refractivity contribution in [2.75, 3.05) is 10.5 Å². The first-order valence-electron chi connectivity index (χ1n) is 6.19. The van der Waals surface area contributed by atoms with Gasteiger partial charge in [-0.15, -0.1) is 0 Å². The number of aryl methyl sites for hydroxylation is 1. The van der Waals surface area contributed by atoms with E-state index in [9.17, 15) is 8.42 Å². The molecule has 0 radical (unpaired) electrons. The third kappa shape index (κ3) is 3.78. The van der Waals surface area contributed by atoms with Gasteiger partial charge in [-0.3, -0.25) is 4.72 Å². The Kier molecular flexibility index (Phi) is 4.95. The zero-order valence-corrected chi connectivity index (χ0v) is 15.2. The van der Waals surface area contributed by atoms with Crippen molar-refractivity contribution in [3.05, 3.63) is 50.9 Å². The topological polar surface area (TPSA) is 72.2 Å². The maximum absolute atomic E-state index is 12.4. The lowest BCUT2D eigenvalue weighted by Crippen LogP contribution is -2.14. The zero-order chi connectivity index (χ0) is 15.6. The smallest absolute Gasteiger partial charge is 0.261 e. The first kappa shape index (κ1) is 16.3. The van der Waals surface area contributed by atoms with Crippen LogP contribution in [0.5, 0.6) is 0 Å². The number of benzene rings is 2. The average molecular weight is 434 g/mol. The first-order valence-corrected chi connectivity index (χ1v) is 9.26. The molecule has 0 aromatic heterocycles. The number of anilines is 2. The Balaban J connectivity index is 2.39. The number of nitrogens with two attached hydrogens (primary N) is 1. The van der Waals surface area contributed by atoms with E-state index in [2.05, 4.69) is 36.6 Å². The molecule has 0 amide bonds. The van der Waals surface area contributed by atoms with Gasteiger partial charge in [-0.1, -0.05) is 22.9 Å². The van der Waals surface area contributed by atoms with Gasteiger partial charge in [-0.05, 0) is 64.3 Å². The van der Waals surface area contributed by atoms with Crippen LogP contribution in [0, 0.1) is 0 Å². The SMILES string of the molecule is CCc1cc(Br)ccc1NS(=O)(=O)c1ccc(Br)c(N)c1. The Morgan fingerprint density at radius 2 is 1.86 bits per heavy atom. The van der Waals surface area contributed by atoms with E-state index in [1.165, 1.54) is 12.1 Å². The number of hydrogen-bond donors (Lipinski definition) is 2. The summed E-state index contributed by atoms with van der Waals surface area (Å²) in [5, 5.41) is 0. The molecule has 2 aromatic rings. The number of nitrogens with one attached hydrogen (secondary N) is 1. The molecule has 0 saturated carbocycles. The predicted molar refractivity (Wildman–Crippen MR) is 92.9 cm³/mol. The lowest BCUT2D eigenvalue weighted by molar-refractivity contribution is 0.601. The maximum atomic E-state index is 12.4. The van der Waals surface area contributed by atoms with Crippen molar-refractivity contribution in [1.82, 2.24) is 0 Å². The molecular weight excluding hydrogens is 420 g/mol. The van der Waals surface area contributed by atoms with Crippen molar-refractivity contribution < 1.29 is 8.42 Å². The summed E-state index contributed by atoms with van der Waals surface area (Å²) in [7, 11) is -3.66. The Labute approximate surface area is 141 Å². The fraction of sp³-hybridized carbons (Fsp3) is 0.143. The zero-order valence-electron chi connectivity index (χ0n) is 11.2. The summed E-state index contributed by atoms with van der Waals surface area (Å²) in [6.07, 6.45) is 0.722. The largest absolute Gasteiger partial charge is 0.398 e. The van der Waals surface area contributed by atoms with Gasteiger partial charge < -0.3 is 5.73 Å². The van der Waals surface area contributed by atoms with Gasteiger partial charge in [-0.2, -0.15) is 0 Å². The van der Waals surface area contributed by atoms with Gasteiger partial charge in [0, 0.05) is 14.6 Å². The summed E-state index contributed by atoms with van der Waals surface area (Å²) in [6, 6.07) is 9.99. The molecule has 2 rings (SSSR count). The van der Waals surface area contributed by atoms with E-state index in [4.69, 9.17) is 5.73 Å². The summed E-state index contributed by atoms with van der Waals surface area (Å²) in [4.78, 5) is 0.133. The minimum Gasteiger partial charge on any atom is -0.398 e. The first-order chi connectivity index (χ1) is 9.83. The molecule has 0 heterocycles. The average Bonchev–Trinajstić information content (AvgIpc) is 2.43. The molecule has 7 heteroatoms. The highest BCUT2D eigenvalue weighted by molar-refractivity contribution is 9.10. The molecule has 0 aliphatic rings. The minimum atomic E-state index is -3.66. The van der Waals surface area contributed by atoms with Crippen molar-refractivity contribution in [3.8, 4) is 0 Å². The highest BCUT2D eigenvalue weighted by atomic mass is 79.9. The van der Waals surface area contributed by atoms with E-state index in [1.807, 2.05) is 13.0 Å². The van der Waals surface area contributed by atoms with Gasteiger partial charge in [0.25, 0.3) is 10.0 Å². The fourth-order valence-corrected chi connectivity index (χ4v) is 3.64. The van der Waals surface area contributed by atoms with Crippen LogP contribution in [-0.2, 0) is 16.4 Å². The van der Waals surface area contributed by atoms with Crippen LogP contribution in [0.2, 0.25) is 0 Å². The highest BCUT2D eigenvalue weighted by Gasteiger charge is 2.16. The second-order valence-corrected chi connectivity index (χ2v) is 7.90. The minimum absolute atomic E-state index is 0.133. The van der Waals surface area contributed by atoms with Crippen LogP contribution < -0.4 is 10.5 Å². The summed E-state index contributed by atoms with van der Waals surface area (Å²) in [6.45, 7) is 1.97. The summed E-state index contributed by atoms with van der Waals surface area (Å²) < 4.78 is 29.0. The maximum Gasteiger partial charge on any atom is 0.261 e. The molecule has 0 saturated heterocycles. The lowest BCUT2D eigenvalue weighted by atomic mass is 10.1. The van der Waals surface area contributed by atoms with E-state index in [0.29, 0.717) is 15.8 Å². The summed E-state index contributed by atoms with van der Waals surface area (Å²) in [5.74, 6) is 0. The molecule has 0 aliphatic carbocycles. The van der Waals surface area contributed by atoms with Gasteiger partial charge in [0.1, 0.15) is 0 Å². The van der Waals surface area contributed by atoms with Crippen molar-refractivity contribution in [2.45, 2.75) is 18.2 Å². The Hall–Kier alpha value is -1.05. The molecule has 2 aromatic carbocycles. The number of halogens is 2. The third-order valence-corrected chi connectivity index (χ3v) is 5.55. The van der Waals surface area contributed by atoms with Gasteiger partial charge in [-0.25, -0.2) is 8.42 Å². The highest BCUT2D eigenvalue weighted by Crippen LogP contribution is 2.27. The molecule has 0 atom stereocenters. The van der Waals surface area contributed by atoms with Gasteiger partial charge in [0.15, 0.2) is 0 Å². The van der Waals surface area contributed by atoms with Crippen LogP contribution in [0.15, 0.2) is 50.2 Å². The molecule has 0 aliphatic heterocycles. The Morgan fingerprint density at radius 3 is 2.48 bits per heavy atom. The molecule has 4 nitrogen and oxygen atoms in total. The Bertz CT molecular complexity index is 777. The van der Waals surface area contributed by atoms with Crippen molar-refractivity contribution in [1.29, 1.82) is 0 Å². The van der Waals surface area contributed by atoms with Crippen molar-refractivity contribution >= 4 is 53.3 Å². The number of rotatable bonds is 4. The third-order valence-electron chi connectivity index (χ3n) is 2.97. The molecule has 21 heavy (non-hydrogen) atoms. The van der Waals surface area contributed by atoms with Crippen molar-refractivity contribution in [2.24, 2.45) is 0 Å². The fourth-order valence-electron chi connectivity index (χ4n) is 1.85. The van der Waals surface area contributed by atoms with Crippen LogP contribution in [0.4, 0.5) is 11.4 Å². The molecule has 0 fully saturated rings. The molecular formula is C14H14Br2N2O2S. The Morgan fingerprint density at radius 1 is 1.14 bits per heavy atom. The quantitative estimate of drug-likeness (QED) is 0.711. The van der Waals surface area contributed by atoms with E-state index >= 15 is 0 Å². The van der Waals surface area contributed by atoms with E-state index in [0.717, 1.165) is 16.5 Å². The van der Waals surface area contributed by atoms with Gasteiger partial charge in [0.05, 0.1) is 10.6 Å². The standard InChI is InChI=1S/C14H14Br2N2O2S/c1-2-9-7-10(15)3-6-14(9)18-21(19,20)11-4-5-12(16)13(17)8-11/h3-8,18H,2,17H2,1H3. The van der Waals surface area contributed by atoms with Crippen LogP contribution in [0.3, 0.4) is 0 Å². The molecule has 0 spiro atoms. The van der Waals surface area contributed by atoms with Crippen molar-refractivity contribution in [3.63, 3.8) is 0 Å². The molecule has 0 unspecified atom stereocenters. The lowest BCUT2D eigenvalue weighted by Gasteiger charge is -2.13. The van der Waals surface area contributed by atoms with Crippen LogP contribution in [-0.4, -0.2) is 8.42 Å². The number of nitrogen functional groups attached to an aromatic ring is 1. The molecule has 3 N–H and O–H groups in total. The van der Waals surface area contributed by atoms with E-state index in [1.54, 1.807) is 18.2 Å². The monoisotopic (exact) mass is 432 g/mol. The second-order valence-electron chi connectivity index (χ2n) is 4.44. The van der Waals surface area contributed by atoms with Gasteiger partial charge >= 0.3 is 0 Å². The molecule has 0 bridgehead atoms. The second kappa shape index (κ2) is 6.37. The number of sulfonamides is 1. The van der Waals surface area contributed by atoms with Crippen LogP contribution in [0.25, 0.3) is 0 Å². The van der Waals surface area contributed by atoms with Crippen LogP contribution in [0.1, 0.15) is 12.5 Å². The van der Waals surface area contributed by atoms with Gasteiger partial charge in [0.2, 0.25) is 0 Å². The van der Waals surface area contributed by atoms with E-state index < -0.39 is 10.0 Å². The molecule has 112 valence electrons. The van der Waals surface area contributed by atoms with Crippen LogP contribution >= 0.6 is 31.9 Å².